The van der Waals surface area contributed by atoms with E-state index in [0.29, 0.717) is 0 Å². The Morgan fingerprint density at radius 2 is 1.95 bits per heavy atom. The molecule has 0 atom stereocenters. The van der Waals surface area contributed by atoms with Gasteiger partial charge in [0.15, 0.2) is 5.69 Å². The predicted molar refractivity (Wildman–Crippen MR) is 67.5 cm³/mol. The second kappa shape index (κ2) is 4.82. The average molecular weight is 314 g/mol. The molecular weight excluding hydrogens is 304 g/mol. The van der Waals surface area contributed by atoms with E-state index in [-0.39, 0.29) is 22.9 Å². The van der Waals surface area contributed by atoms with Gasteiger partial charge in [-0.3, -0.25) is 0 Å². The third-order valence-corrected chi connectivity index (χ3v) is 3.45. The summed E-state index contributed by atoms with van der Waals surface area (Å²) in [6.45, 7) is 0. The van der Waals surface area contributed by atoms with Crippen LogP contribution in [0.3, 0.4) is 0 Å². The maximum absolute atomic E-state index is 14.1. The van der Waals surface area contributed by atoms with Crippen LogP contribution in [0.25, 0.3) is 5.69 Å². The summed E-state index contributed by atoms with van der Waals surface area (Å²) in [6.07, 6.45) is -3.18. The number of hydrogen-bond acceptors (Lipinski definition) is 2. The van der Waals surface area contributed by atoms with E-state index in [4.69, 9.17) is 5.11 Å². The van der Waals surface area contributed by atoms with Gasteiger partial charge in [-0.1, -0.05) is 0 Å². The molecule has 0 amide bonds. The molecule has 0 radical (unpaired) electrons. The molecule has 1 heterocycles. The number of aromatic carboxylic acids is 1. The van der Waals surface area contributed by atoms with Gasteiger partial charge in [-0.2, -0.15) is 18.3 Å². The summed E-state index contributed by atoms with van der Waals surface area (Å²) in [5.74, 6) is -2.33. The van der Waals surface area contributed by atoms with Gasteiger partial charge in [-0.25, -0.2) is 13.9 Å². The van der Waals surface area contributed by atoms with Crippen molar-refractivity contribution in [3.63, 3.8) is 0 Å². The van der Waals surface area contributed by atoms with Gasteiger partial charge in [0.2, 0.25) is 0 Å². The molecule has 0 saturated heterocycles. The fourth-order valence-corrected chi connectivity index (χ4v) is 2.21. The molecule has 22 heavy (non-hydrogen) atoms. The quantitative estimate of drug-likeness (QED) is 0.881. The van der Waals surface area contributed by atoms with Crippen LogP contribution in [0.1, 0.15) is 40.5 Å². The number of benzene rings is 1. The molecule has 0 aliphatic heterocycles. The highest BCUT2D eigenvalue weighted by Crippen LogP contribution is 2.43. The van der Waals surface area contributed by atoms with E-state index < -0.39 is 23.7 Å². The van der Waals surface area contributed by atoms with Crippen molar-refractivity contribution in [3.05, 3.63) is 47.0 Å². The third-order valence-electron chi connectivity index (χ3n) is 3.45. The molecule has 8 heteroatoms. The molecule has 4 nitrogen and oxygen atoms in total. The number of halogens is 4. The van der Waals surface area contributed by atoms with Gasteiger partial charge in [0, 0.05) is 11.6 Å². The summed E-state index contributed by atoms with van der Waals surface area (Å²) in [5, 5.41) is 12.2. The second-order valence-corrected chi connectivity index (χ2v) is 5.11. The largest absolute Gasteiger partial charge is 0.478 e. The molecule has 0 bridgehead atoms. The summed E-state index contributed by atoms with van der Waals surface area (Å²) < 4.78 is 53.4. The van der Waals surface area contributed by atoms with Crippen LogP contribution in [0, 0.1) is 5.82 Å². The number of rotatable bonds is 3. The highest BCUT2D eigenvalue weighted by Gasteiger charge is 2.38. The minimum atomic E-state index is -4.62. The number of carboxylic acids is 1. The highest BCUT2D eigenvalue weighted by atomic mass is 19.4. The van der Waals surface area contributed by atoms with E-state index in [1.54, 1.807) is 0 Å². The minimum absolute atomic E-state index is 0.0813. The SMILES string of the molecule is O=C(O)c1ccc(-n2nc(C(F)(F)F)cc2C2CC2)c(F)c1. The van der Waals surface area contributed by atoms with Crippen LogP contribution in [0.5, 0.6) is 0 Å². The maximum atomic E-state index is 14.1. The van der Waals surface area contributed by atoms with Crippen molar-refractivity contribution < 1.29 is 27.5 Å². The third kappa shape index (κ3) is 2.56. The Kier molecular flexibility index (Phi) is 3.19. The molecule has 1 aliphatic carbocycles. The van der Waals surface area contributed by atoms with Crippen LogP contribution >= 0.6 is 0 Å². The van der Waals surface area contributed by atoms with Crippen molar-refractivity contribution >= 4 is 5.97 Å². The van der Waals surface area contributed by atoms with Crippen LogP contribution in [0.2, 0.25) is 0 Å². The van der Waals surface area contributed by atoms with Gasteiger partial charge in [0.05, 0.1) is 5.56 Å². The summed E-state index contributed by atoms with van der Waals surface area (Å²) in [5.41, 5.74) is -1.27. The smallest absolute Gasteiger partial charge is 0.435 e. The number of nitrogens with zero attached hydrogens (tertiary/aromatic N) is 2. The topological polar surface area (TPSA) is 55.1 Å². The molecule has 0 spiro atoms. The Balaban J connectivity index is 2.11. The van der Waals surface area contributed by atoms with Crippen LogP contribution in [-0.4, -0.2) is 20.9 Å². The molecule has 2 aromatic rings. The molecule has 1 saturated carbocycles. The average Bonchev–Trinajstić information content (AvgIpc) is 3.16. The lowest BCUT2D eigenvalue weighted by Gasteiger charge is -2.08. The fourth-order valence-electron chi connectivity index (χ4n) is 2.21. The Morgan fingerprint density at radius 3 is 2.45 bits per heavy atom. The van der Waals surface area contributed by atoms with Gasteiger partial charge in [-0.05, 0) is 37.1 Å². The summed E-state index contributed by atoms with van der Waals surface area (Å²) in [6, 6.07) is 3.94. The van der Waals surface area contributed by atoms with Crippen molar-refractivity contribution in [1.82, 2.24) is 9.78 Å². The number of carbonyl (C=O) groups is 1. The first-order valence-electron chi connectivity index (χ1n) is 6.48. The van der Waals surface area contributed by atoms with Gasteiger partial charge in [0.1, 0.15) is 11.5 Å². The van der Waals surface area contributed by atoms with Crippen molar-refractivity contribution in [2.24, 2.45) is 0 Å². The van der Waals surface area contributed by atoms with Crippen LogP contribution < -0.4 is 0 Å². The molecular formula is C14H10F4N2O2. The first-order chi connectivity index (χ1) is 10.3. The first kappa shape index (κ1) is 14.6. The Labute approximate surface area is 122 Å². The number of carboxylic acid groups (broad SMARTS) is 1. The first-order valence-corrected chi connectivity index (χ1v) is 6.48. The van der Waals surface area contributed by atoms with Crippen molar-refractivity contribution in [2.45, 2.75) is 24.9 Å². The lowest BCUT2D eigenvalue weighted by molar-refractivity contribution is -0.141. The van der Waals surface area contributed by atoms with Gasteiger partial charge >= 0.3 is 12.1 Å². The van der Waals surface area contributed by atoms with Gasteiger partial charge in [-0.15, -0.1) is 0 Å². The molecule has 3 rings (SSSR count). The molecule has 116 valence electrons. The second-order valence-electron chi connectivity index (χ2n) is 5.11. The van der Waals surface area contributed by atoms with E-state index in [1.807, 2.05) is 0 Å². The van der Waals surface area contributed by atoms with Crippen molar-refractivity contribution in [3.8, 4) is 5.69 Å². The van der Waals surface area contributed by atoms with Crippen LogP contribution in [-0.2, 0) is 6.18 Å². The van der Waals surface area contributed by atoms with E-state index in [2.05, 4.69) is 5.10 Å². The van der Waals surface area contributed by atoms with Crippen molar-refractivity contribution in [2.75, 3.05) is 0 Å². The molecule has 1 aromatic carbocycles. The van der Waals surface area contributed by atoms with E-state index in [0.717, 1.165) is 41.8 Å². The summed E-state index contributed by atoms with van der Waals surface area (Å²) in [4.78, 5) is 10.8. The zero-order valence-electron chi connectivity index (χ0n) is 11.1. The molecule has 1 aromatic heterocycles. The Bertz CT molecular complexity index is 748. The lowest BCUT2D eigenvalue weighted by Crippen LogP contribution is -2.09. The standard InChI is InChI=1S/C14H10F4N2O2/c15-9-5-8(13(21)22)3-4-10(9)20-11(7-1-2-7)6-12(19-20)14(16,17)18/h3-7H,1-2H2,(H,21,22). The number of hydrogen-bond donors (Lipinski definition) is 1. The molecule has 1 N–H and O–H groups in total. The zero-order chi connectivity index (χ0) is 16.1. The molecule has 1 fully saturated rings. The number of alkyl halides is 3. The predicted octanol–water partition coefficient (Wildman–Crippen LogP) is 3.61. The van der Waals surface area contributed by atoms with E-state index in [9.17, 15) is 22.4 Å². The fraction of sp³-hybridized carbons (Fsp3) is 0.286. The van der Waals surface area contributed by atoms with E-state index in [1.165, 1.54) is 0 Å². The van der Waals surface area contributed by atoms with E-state index >= 15 is 0 Å². The van der Waals surface area contributed by atoms with Gasteiger partial charge in [0.25, 0.3) is 0 Å². The van der Waals surface area contributed by atoms with Crippen LogP contribution in [0.4, 0.5) is 17.6 Å². The number of aromatic nitrogens is 2. The highest BCUT2D eigenvalue weighted by molar-refractivity contribution is 5.87. The summed E-state index contributed by atoms with van der Waals surface area (Å²) in [7, 11) is 0. The van der Waals surface area contributed by atoms with Crippen LogP contribution in [0.15, 0.2) is 24.3 Å². The monoisotopic (exact) mass is 314 g/mol. The molecule has 0 unspecified atom stereocenters. The Morgan fingerprint density at radius 1 is 1.27 bits per heavy atom. The van der Waals surface area contributed by atoms with Crippen molar-refractivity contribution in [1.29, 1.82) is 0 Å². The maximum Gasteiger partial charge on any atom is 0.435 e. The lowest BCUT2D eigenvalue weighted by atomic mass is 10.2. The summed E-state index contributed by atoms with van der Waals surface area (Å²) >= 11 is 0. The minimum Gasteiger partial charge on any atom is -0.478 e. The Hall–Kier alpha value is -2.38. The molecule has 1 aliphatic rings. The van der Waals surface area contributed by atoms with Gasteiger partial charge < -0.3 is 5.11 Å². The normalized spacial score (nSPS) is 15.1. The zero-order valence-corrected chi connectivity index (χ0v) is 11.1.